The zero-order valence-electron chi connectivity index (χ0n) is 11.1. The number of pyridine rings is 1. The minimum atomic E-state index is -0.142. The number of nitrogens with zero attached hydrogens (tertiary/aromatic N) is 3. The summed E-state index contributed by atoms with van der Waals surface area (Å²) in [7, 11) is 1.97. The topological polar surface area (TPSA) is 63.8 Å². The number of hydrogen-bond donors (Lipinski definition) is 1. The predicted octanol–water partition coefficient (Wildman–Crippen LogP) is 2.51. The zero-order valence-corrected chi connectivity index (χ0v) is 11.1. The van der Waals surface area contributed by atoms with Gasteiger partial charge in [0.1, 0.15) is 0 Å². The van der Waals surface area contributed by atoms with Crippen LogP contribution < -0.4 is 5.32 Å². The van der Waals surface area contributed by atoms with Crippen LogP contribution in [0.4, 0.5) is 0 Å². The van der Waals surface area contributed by atoms with E-state index >= 15 is 0 Å². The van der Waals surface area contributed by atoms with Gasteiger partial charge in [0.15, 0.2) is 0 Å². The van der Waals surface area contributed by atoms with E-state index in [2.05, 4.69) is 20.4 Å². The molecule has 1 saturated carbocycles. The molecule has 1 aliphatic rings. The van der Waals surface area contributed by atoms with Gasteiger partial charge >= 0.3 is 0 Å². The fourth-order valence-electron chi connectivity index (χ4n) is 2.76. The Morgan fingerprint density at radius 1 is 1.16 bits per heavy atom. The molecule has 3 rings (SSSR count). The number of hydrogen-bond acceptors (Lipinski definition) is 5. The smallest absolute Gasteiger partial charge is 0.247 e. The Balaban J connectivity index is 1.92. The van der Waals surface area contributed by atoms with Gasteiger partial charge < -0.3 is 9.84 Å². The average molecular weight is 258 g/mol. The lowest BCUT2D eigenvalue weighted by Crippen LogP contribution is -2.42. The quantitative estimate of drug-likeness (QED) is 0.916. The highest BCUT2D eigenvalue weighted by Gasteiger charge is 2.37. The summed E-state index contributed by atoms with van der Waals surface area (Å²) in [6.45, 7) is 0. The molecule has 0 atom stereocenters. The lowest BCUT2D eigenvalue weighted by Gasteiger charge is -2.33. The summed E-state index contributed by atoms with van der Waals surface area (Å²) in [6.07, 6.45) is 9.28. The van der Waals surface area contributed by atoms with E-state index in [0.717, 1.165) is 18.4 Å². The molecule has 0 saturated heterocycles. The molecular weight excluding hydrogens is 240 g/mol. The Hall–Kier alpha value is -1.75. The normalized spacial score (nSPS) is 18.4. The monoisotopic (exact) mass is 258 g/mol. The van der Waals surface area contributed by atoms with Crippen LogP contribution in [0.25, 0.3) is 11.4 Å². The maximum absolute atomic E-state index is 5.51. The van der Waals surface area contributed by atoms with Crippen molar-refractivity contribution in [2.75, 3.05) is 7.05 Å². The van der Waals surface area contributed by atoms with Crippen molar-refractivity contribution in [1.29, 1.82) is 0 Å². The molecule has 1 fully saturated rings. The molecule has 0 aromatic carbocycles. The third kappa shape index (κ3) is 2.26. The van der Waals surface area contributed by atoms with Gasteiger partial charge in [-0.25, -0.2) is 0 Å². The molecule has 2 aromatic rings. The largest absolute Gasteiger partial charge is 0.337 e. The predicted molar refractivity (Wildman–Crippen MR) is 71.4 cm³/mol. The van der Waals surface area contributed by atoms with E-state index < -0.39 is 0 Å². The average Bonchev–Trinajstić information content (AvgIpc) is 2.99. The molecule has 0 spiro atoms. The Kier molecular flexibility index (Phi) is 3.29. The molecule has 0 bridgehead atoms. The van der Waals surface area contributed by atoms with Crippen molar-refractivity contribution in [3.8, 4) is 11.4 Å². The van der Waals surface area contributed by atoms with E-state index in [1.165, 1.54) is 19.3 Å². The van der Waals surface area contributed by atoms with E-state index in [1.807, 2.05) is 19.2 Å². The third-order valence-corrected chi connectivity index (χ3v) is 3.96. The summed E-state index contributed by atoms with van der Waals surface area (Å²) >= 11 is 0. The Labute approximate surface area is 112 Å². The molecule has 1 aliphatic carbocycles. The van der Waals surface area contributed by atoms with Gasteiger partial charge in [0.25, 0.3) is 0 Å². The second-order valence-corrected chi connectivity index (χ2v) is 5.05. The van der Waals surface area contributed by atoms with Gasteiger partial charge in [-0.15, -0.1) is 0 Å². The van der Waals surface area contributed by atoms with E-state index in [1.54, 1.807) is 12.4 Å². The van der Waals surface area contributed by atoms with Gasteiger partial charge in [0.2, 0.25) is 11.7 Å². The van der Waals surface area contributed by atoms with Crippen molar-refractivity contribution in [3.63, 3.8) is 0 Å². The van der Waals surface area contributed by atoms with Gasteiger partial charge in [-0.3, -0.25) is 4.98 Å². The Morgan fingerprint density at radius 2 is 1.89 bits per heavy atom. The molecule has 0 amide bonds. The van der Waals surface area contributed by atoms with Gasteiger partial charge in [-0.2, -0.15) is 4.98 Å². The number of nitrogens with one attached hydrogen (secondary N) is 1. The van der Waals surface area contributed by atoms with Crippen molar-refractivity contribution >= 4 is 0 Å². The summed E-state index contributed by atoms with van der Waals surface area (Å²) in [6, 6.07) is 3.78. The van der Waals surface area contributed by atoms with Crippen LogP contribution in [-0.2, 0) is 5.54 Å². The summed E-state index contributed by atoms with van der Waals surface area (Å²) in [5, 5.41) is 7.49. The maximum Gasteiger partial charge on any atom is 0.247 e. The van der Waals surface area contributed by atoms with Crippen molar-refractivity contribution in [3.05, 3.63) is 30.4 Å². The first-order valence-electron chi connectivity index (χ1n) is 6.78. The second kappa shape index (κ2) is 5.09. The number of aromatic nitrogens is 3. The lowest BCUT2D eigenvalue weighted by atomic mass is 9.81. The highest BCUT2D eigenvalue weighted by molar-refractivity contribution is 5.52. The van der Waals surface area contributed by atoms with E-state index in [-0.39, 0.29) is 5.54 Å². The van der Waals surface area contributed by atoms with Crippen molar-refractivity contribution in [1.82, 2.24) is 20.4 Å². The van der Waals surface area contributed by atoms with Crippen LogP contribution in [0, 0.1) is 0 Å². The van der Waals surface area contributed by atoms with Crippen molar-refractivity contribution in [2.24, 2.45) is 0 Å². The summed E-state index contributed by atoms with van der Waals surface area (Å²) < 4.78 is 5.51. The molecule has 0 radical (unpaired) electrons. The first kappa shape index (κ1) is 12.3. The molecule has 2 heterocycles. The summed E-state index contributed by atoms with van der Waals surface area (Å²) in [5.41, 5.74) is 0.795. The zero-order chi connectivity index (χ0) is 13.1. The minimum Gasteiger partial charge on any atom is -0.337 e. The number of rotatable bonds is 3. The maximum atomic E-state index is 5.51. The second-order valence-electron chi connectivity index (χ2n) is 5.05. The van der Waals surface area contributed by atoms with Crippen LogP contribution in [0.3, 0.4) is 0 Å². The fraction of sp³-hybridized carbons (Fsp3) is 0.500. The van der Waals surface area contributed by atoms with Gasteiger partial charge in [-0.05, 0) is 32.0 Å². The van der Waals surface area contributed by atoms with Crippen LogP contribution in [0.1, 0.15) is 38.0 Å². The Morgan fingerprint density at radius 3 is 2.58 bits per heavy atom. The van der Waals surface area contributed by atoms with Crippen LogP contribution >= 0.6 is 0 Å². The van der Waals surface area contributed by atoms with Gasteiger partial charge in [0, 0.05) is 18.0 Å². The molecular formula is C14H18N4O. The molecule has 0 aliphatic heterocycles. The highest BCUT2D eigenvalue weighted by atomic mass is 16.5. The SMILES string of the molecule is CNC1(c2nc(-c3ccncc3)no2)CCCCC1. The standard InChI is InChI=1S/C14H18N4O/c1-15-14(7-3-2-4-8-14)13-17-12(18-19-13)11-5-9-16-10-6-11/h5-6,9-10,15H,2-4,7-8H2,1H3. The first-order chi connectivity index (χ1) is 9.34. The summed E-state index contributed by atoms with van der Waals surface area (Å²) in [4.78, 5) is 8.58. The molecule has 5 heteroatoms. The van der Waals surface area contributed by atoms with E-state index in [9.17, 15) is 0 Å². The van der Waals surface area contributed by atoms with Gasteiger partial charge in [0.05, 0.1) is 5.54 Å². The molecule has 1 N–H and O–H groups in total. The van der Waals surface area contributed by atoms with Crippen LogP contribution in [-0.4, -0.2) is 22.2 Å². The van der Waals surface area contributed by atoms with Crippen molar-refractivity contribution in [2.45, 2.75) is 37.6 Å². The summed E-state index contributed by atoms with van der Waals surface area (Å²) in [5.74, 6) is 1.35. The fourth-order valence-corrected chi connectivity index (χ4v) is 2.76. The van der Waals surface area contributed by atoms with Crippen LogP contribution in [0.15, 0.2) is 29.0 Å². The highest BCUT2D eigenvalue weighted by Crippen LogP contribution is 2.36. The van der Waals surface area contributed by atoms with Crippen molar-refractivity contribution < 1.29 is 4.52 Å². The lowest BCUT2D eigenvalue weighted by molar-refractivity contribution is 0.182. The van der Waals surface area contributed by atoms with Gasteiger partial charge in [-0.1, -0.05) is 24.4 Å². The molecule has 5 nitrogen and oxygen atoms in total. The van der Waals surface area contributed by atoms with Crippen LogP contribution in [0.5, 0.6) is 0 Å². The Bertz CT molecular complexity index is 531. The molecule has 2 aromatic heterocycles. The van der Waals surface area contributed by atoms with Crippen LogP contribution in [0.2, 0.25) is 0 Å². The molecule has 100 valence electrons. The molecule has 19 heavy (non-hydrogen) atoms. The third-order valence-electron chi connectivity index (χ3n) is 3.96. The minimum absolute atomic E-state index is 0.142. The van der Waals surface area contributed by atoms with E-state index in [4.69, 9.17) is 4.52 Å². The van der Waals surface area contributed by atoms with E-state index in [0.29, 0.717) is 11.7 Å². The first-order valence-corrected chi connectivity index (χ1v) is 6.78. The molecule has 0 unspecified atom stereocenters.